The van der Waals surface area contributed by atoms with Crippen LogP contribution in [0.3, 0.4) is 0 Å². The molecule has 29 heavy (non-hydrogen) atoms. The molecule has 4 rings (SSSR count). The Morgan fingerprint density at radius 3 is 2.55 bits per heavy atom. The van der Waals surface area contributed by atoms with E-state index in [2.05, 4.69) is 57.8 Å². The number of amides is 1. The Morgan fingerprint density at radius 1 is 1.00 bits per heavy atom. The molecule has 148 valence electrons. The van der Waals surface area contributed by atoms with Crippen molar-refractivity contribution in [1.82, 2.24) is 4.98 Å². The molecule has 0 atom stereocenters. The summed E-state index contributed by atoms with van der Waals surface area (Å²) in [6.07, 6.45) is 4.15. The molecule has 0 saturated carbocycles. The standard InChI is InChI=1S/C24H26N4O/c1-18-5-4-6-19(15-18)17-26-21-11-12-25-23(16-21)24(29)27-20-7-9-22(10-8-20)28-13-2-3-14-28/h4-12,15-16H,2-3,13-14,17H2,1H3,(H,25,26)(H,27,29). The summed E-state index contributed by atoms with van der Waals surface area (Å²) in [5.74, 6) is -0.210. The number of aromatic nitrogens is 1. The van der Waals surface area contributed by atoms with Gasteiger partial charge in [-0.15, -0.1) is 0 Å². The Labute approximate surface area is 171 Å². The highest BCUT2D eigenvalue weighted by Gasteiger charge is 2.13. The average Bonchev–Trinajstić information content (AvgIpc) is 3.28. The summed E-state index contributed by atoms with van der Waals surface area (Å²) in [4.78, 5) is 19.2. The van der Waals surface area contributed by atoms with E-state index in [1.54, 1.807) is 12.3 Å². The van der Waals surface area contributed by atoms with Crippen LogP contribution in [0.15, 0.2) is 66.9 Å². The Hall–Kier alpha value is -3.34. The number of carbonyl (C=O) groups excluding carboxylic acids is 1. The molecule has 0 unspecified atom stereocenters. The first-order valence-electron chi connectivity index (χ1n) is 10.1. The van der Waals surface area contributed by atoms with Crippen LogP contribution in [0.2, 0.25) is 0 Å². The molecule has 0 aliphatic carbocycles. The molecule has 3 aromatic rings. The Kier molecular flexibility index (Phi) is 5.75. The summed E-state index contributed by atoms with van der Waals surface area (Å²) >= 11 is 0. The molecule has 2 N–H and O–H groups in total. The maximum atomic E-state index is 12.6. The smallest absolute Gasteiger partial charge is 0.274 e. The third kappa shape index (κ3) is 4.93. The lowest BCUT2D eigenvalue weighted by Gasteiger charge is -2.17. The molecule has 1 aliphatic heterocycles. The van der Waals surface area contributed by atoms with E-state index in [4.69, 9.17) is 0 Å². The van der Waals surface area contributed by atoms with E-state index in [9.17, 15) is 4.79 Å². The summed E-state index contributed by atoms with van der Waals surface area (Å²) in [5, 5.41) is 6.30. The van der Waals surface area contributed by atoms with Crippen molar-refractivity contribution < 1.29 is 4.79 Å². The molecule has 2 aromatic carbocycles. The Morgan fingerprint density at radius 2 is 1.79 bits per heavy atom. The maximum absolute atomic E-state index is 12.6. The van der Waals surface area contributed by atoms with Gasteiger partial charge in [-0.05, 0) is 61.7 Å². The van der Waals surface area contributed by atoms with Crippen LogP contribution in [0.4, 0.5) is 17.1 Å². The molecule has 1 amide bonds. The number of rotatable bonds is 6. The molecule has 0 radical (unpaired) electrons. The maximum Gasteiger partial charge on any atom is 0.274 e. The summed E-state index contributed by atoms with van der Waals surface area (Å²) in [7, 11) is 0. The van der Waals surface area contributed by atoms with Gasteiger partial charge in [-0.2, -0.15) is 0 Å². The first-order valence-corrected chi connectivity index (χ1v) is 10.1. The highest BCUT2D eigenvalue weighted by molar-refractivity contribution is 6.03. The second-order valence-corrected chi connectivity index (χ2v) is 7.47. The van der Waals surface area contributed by atoms with Gasteiger partial charge in [-0.25, -0.2) is 0 Å². The number of nitrogens with zero attached hydrogens (tertiary/aromatic N) is 2. The number of benzene rings is 2. The number of carbonyl (C=O) groups is 1. The third-order valence-electron chi connectivity index (χ3n) is 5.17. The highest BCUT2D eigenvalue weighted by Crippen LogP contribution is 2.22. The van der Waals surface area contributed by atoms with E-state index < -0.39 is 0 Å². The topological polar surface area (TPSA) is 57.3 Å². The number of nitrogens with one attached hydrogen (secondary N) is 2. The molecule has 5 nitrogen and oxygen atoms in total. The lowest BCUT2D eigenvalue weighted by molar-refractivity contribution is 0.102. The Bertz CT molecular complexity index is 978. The second kappa shape index (κ2) is 8.78. The van der Waals surface area contributed by atoms with Gasteiger partial charge >= 0.3 is 0 Å². The first kappa shape index (κ1) is 19.0. The average molecular weight is 386 g/mol. The molecule has 2 heterocycles. The van der Waals surface area contributed by atoms with Crippen LogP contribution in [0, 0.1) is 6.92 Å². The first-order chi connectivity index (χ1) is 14.2. The lowest BCUT2D eigenvalue weighted by atomic mass is 10.1. The summed E-state index contributed by atoms with van der Waals surface area (Å²) in [6.45, 7) is 5.00. The van der Waals surface area contributed by atoms with Crippen LogP contribution >= 0.6 is 0 Å². The molecule has 1 fully saturated rings. The molecule has 1 aromatic heterocycles. The van der Waals surface area contributed by atoms with Crippen molar-refractivity contribution in [1.29, 1.82) is 0 Å². The molecule has 0 bridgehead atoms. The van der Waals surface area contributed by atoms with Gasteiger partial charge in [0.1, 0.15) is 5.69 Å². The fourth-order valence-electron chi connectivity index (χ4n) is 3.62. The van der Waals surface area contributed by atoms with E-state index >= 15 is 0 Å². The van der Waals surface area contributed by atoms with Crippen molar-refractivity contribution in [2.45, 2.75) is 26.3 Å². The van der Waals surface area contributed by atoms with Gasteiger partial charge in [-0.3, -0.25) is 9.78 Å². The van der Waals surface area contributed by atoms with E-state index in [-0.39, 0.29) is 5.91 Å². The number of aryl methyl sites for hydroxylation is 1. The van der Waals surface area contributed by atoms with E-state index in [0.717, 1.165) is 24.5 Å². The van der Waals surface area contributed by atoms with Crippen molar-refractivity contribution in [3.63, 3.8) is 0 Å². The lowest BCUT2D eigenvalue weighted by Crippen LogP contribution is -2.17. The van der Waals surface area contributed by atoms with E-state index in [1.807, 2.05) is 24.3 Å². The number of hydrogen-bond acceptors (Lipinski definition) is 4. The van der Waals surface area contributed by atoms with Gasteiger partial charge in [-0.1, -0.05) is 29.8 Å². The SMILES string of the molecule is Cc1cccc(CNc2ccnc(C(=O)Nc3ccc(N4CCCC4)cc3)c2)c1. The minimum absolute atomic E-state index is 0.210. The van der Waals surface area contributed by atoms with Crippen LogP contribution in [0.5, 0.6) is 0 Å². The van der Waals surface area contributed by atoms with Crippen LogP contribution in [0.25, 0.3) is 0 Å². The second-order valence-electron chi connectivity index (χ2n) is 7.47. The van der Waals surface area contributed by atoms with Crippen LogP contribution < -0.4 is 15.5 Å². The van der Waals surface area contributed by atoms with Gasteiger partial charge in [0.2, 0.25) is 0 Å². The summed E-state index contributed by atoms with van der Waals surface area (Å²) < 4.78 is 0. The van der Waals surface area contributed by atoms with Crippen molar-refractivity contribution in [3.05, 3.63) is 83.7 Å². The van der Waals surface area contributed by atoms with E-state index in [0.29, 0.717) is 12.2 Å². The quantitative estimate of drug-likeness (QED) is 0.636. The van der Waals surface area contributed by atoms with Crippen LogP contribution in [0.1, 0.15) is 34.5 Å². The third-order valence-corrected chi connectivity index (χ3v) is 5.17. The van der Waals surface area contributed by atoms with E-state index in [1.165, 1.54) is 29.7 Å². The zero-order chi connectivity index (χ0) is 20.1. The van der Waals surface area contributed by atoms with Gasteiger partial charge < -0.3 is 15.5 Å². The molecule has 1 saturated heterocycles. The van der Waals surface area contributed by atoms with Crippen molar-refractivity contribution in [2.75, 3.05) is 28.6 Å². The zero-order valence-electron chi connectivity index (χ0n) is 16.7. The number of pyridine rings is 1. The van der Waals surface area contributed by atoms with Crippen molar-refractivity contribution in [3.8, 4) is 0 Å². The van der Waals surface area contributed by atoms with Crippen LogP contribution in [-0.2, 0) is 6.54 Å². The number of anilines is 3. The van der Waals surface area contributed by atoms with Gasteiger partial charge in [0.15, 0.2) is 0 Å². The predicted molar refractivity (Wildman–Crippen MR) is 119 cm³/mol. The van der Waals surface area contributed by atoms with Gasteiger partial charge in [0.25, 0.3) is 5.91 Å². The predicted octanol–water partition coefficient (Wildman–Crippen LogP) is 4.85. The largest absolute Gasteiger partial charge is 0.381 e. The van der Waals surface area contributed by atoms with Crippen molar-refractivity contribution in [2.24, 2.45) is 0 Å². The summed E-state index contributed by atoms with van der Waals surface area (Å²) in [5.41, 5.74) is 5.68. The number of hydrogen-bond donors (Lipinski definition) is 2. The zero-order valence-corrected chi connectivity index (χ0v) is 16.7. The molecular formula is C24H26N4O. The Balaban J connectivity index is 1.37. The van der Waals surface area contributed by atoms with Gasteiger partial charge in [0.05, 0.1) is 0 Å². The van der Waals surface area contributed by atoms with Gasteiger partial charge in [0, 0.05) is 42.9 Å². The summed E-state index contributed by atoms with van der Waals surface area (Å²) in [6, 6.07) is 20.0. The minimum atomic E-state index is -0.210. The van der Waals surface area contributed by atoms with Crippen molar-refractivity contribution >= 4 is 23.0 Å². The fraction of sp³-hybridized carbons (Fsp3) is 0.250. The fourth-order valence-corrected chi connectivity index (χ4v) is 3.62. The molecule has 0 spiro atoms. The van der Waals surface area contributed by atoms with Crippen LogP contribution in [-0.4, -0.2) is 24.0 Å². The monoisotopic (exact) mass is 386 g/mol. The minimum Gasteiger partial charge on any atom is -0.381 e. The highest BCUT2D eigenvalue weighted by atomic mass is 16.1. The molecule has 1 aliphatic rings. The molecular weight excluding hydrogens is 360 g/mol. The normalized spacial score (nSPS) is 13.3. The molecule has 5 heteroatoms.